The first-order chi connectivity index (χ1) is 15.2. The van der Waals surface area contributed by atoms with Gasteiger partial charge in [0, 0.05) is 31.5 Å². The van der Waals surface area contributed by atoms with E-state index in [0.717, 1.165) is 5.56 Å². The van der Waals surface area contributed by atoms with Crippen LogP contribution in [-0.2, 0) is 14.8 Å². The maximum absolute atomic E-state index is 12.2. The predicted molar refractivity (Wildman–Crippen MR) is 123 cm³/mol. The van der Waals surface area contributed by atoms with E-state index in [2.05, 4.69) is 25.9 Å². The first-order valence-electron chi connectivity index (χ1n) is 10.2. The maximum Gasteiger partial charge on any atom is 0.410 e. The third kappa shape index (κ3) is 6.09. The van der Waals surface area contributed by atoms with Crippen molar-refractivity contribution >= 4 is 33.9 Å². The summed E-state index contributed by atoms with van der Waals surface area (Å²) >= 11 is 3.38. The summed E-state index contributed by atoms with van der Waals surface area (Å²) in [5.41, 5.74) is 0.728. The van der Waals surface area contributed by atoms with E-state index in [4.69, 9.17) is 14.2 Å². The lowest BCUT2D eigenvalue weighted by molar-refractivity contribution is 0.0240. The number of carbonyl (C=O) groups excluding carboxylic acids is 2. The van der Waals surface area contributed by atoms with E-state index in [1.165, 1.54) is 7.11 Å². The molecule has 1 aromatic carbocycles. The number of carbonyl (C=O) groups is 2. The number of nitrogens with zero attached hydrogens (tertiary/aromatic N) is 4. The van der Waals surface area contributed by atoms with Gasteiger partial charge in [-0.25, -0.2) is 19.6 Å². The van der Waals surface area contributed by atoms with Crippen molar-refractivity contribution in [3.63, 3.8) is 0 Å². The van der Waals surface area contributed by atoms with Gasteiger partial charge in [-0.1, -0.05) is 15.9 Å². The Morgan fingerprint density at radius 1 is 1.06 bits per heavy atom. The molecule has 1 aliphatic rings. The molecule has 32 heavy (non-hydrogen) atoms. The highest BCUT2D eigenvalue weighted by Crippen LogP contribution is 2.26. The van der Waals surface area contributed by atoms with Crippen LogP contribution < -0.4 is 9.64 Å². The summed E-state index contributed by atoms with van der Waals surface area (Å²) in [6, 6.07) is 5.13. The van der Waals surface area contributed by atoms with E-state index in [0.29, 0.717) is 54.5 Å². The van der Waals surface area contributed by atoms with E-state index < -0.39 is 11.6 Å². The molecule has 0 N–H and O–H groups in total. The van der Waals surface area contributed by atoms with Gasteiger partial charge in [-0.15, -0.1) is 0 Å². The van der Waals surface area contributed by atoms with Crippen LogP contribution >= 0.6 is 15.9 Å². The Morgan fingerprint density at radius 3 is 2.28 bits per heavy atom. The largest absolute Gasteiger partial charge is 0.465 e. The van der Waals surface area contributed by atoms with Gasteiger partial charge in [0.1, 0.15) is 11.4 Å². The molecule has 0 aliphatic carbocycles. The number of anilines is 1. The Morgan fingerprint density at radius 2 is 1.72 bits per heavy atom. The Balaban J connectivity index is 1.59. The number of rotatable bonds is 5. The highest BCUT2D eigenvalue weighted by atomic mass is 79.9. The fraction of sp³-hybridized carbons (Fsp3) is 0.455. The van der Waals surface area contributed by atoms with Crippen molar-refractivity contribution in [3.8, 4) is 11.5 Å². The summed E-state index contributed by atoms with van der Waals surface area (Å²) in [5, 5.41) is 0.485. The first kappa shape index (κ1) is 23.8. The summed E-state index contributed by atoms with van der Waals surface area (Å²) in [4.78, 5) is 36.5. The molecule has 1 fully saturated rings. The predicted octanol–water partition coefficient (Wildman–Crippen LogP) is 4.01. The summed E-state index contributed by atoms with van der Waals surface area (Å²) in [6.45, 7) is 7.87. The van der Waals surface area contributed by atoms with Gasteiger partial charge in [0.15, 0.2) is 5.75 Å². The van der Waals surface area contributed by atoms with Crippen LogP contribution in [0.3, 0.4) is 0 Å². The number of ether oxygens (including phenoxy) is 3. The molecule has 2 aromatic rings. The zero-order chi connectivity index (χ0) is 23.3. The molecule has 3 rings (SSSR count). The molecule has 1 aromatic heterocycles. The quantitative estimate of drug-likeness (QED) is 0.443. The average molecular weight is 507 g/mol. The molecule has 1 saturated heterocycles. The maximum atomic E-state index is 12.2. The number of amides is 1. The lowest BCUT2D eigenvalue weighted by Gasteiger charge is -2.35. The van der Waals surface area contributed by atoms with Crippen LogP contribution in [0.25, 0.3) is 0 Å². The SMILES string of the molecule is COC(=O)c1ccc(Oc2cnc(N3CCN(C(=O)OC(C)(C)C)CC3)nc2)cc1CBr. The second-order valence-electron chi connectivity index (χ2n) is 8.22. The van der Waals surface area contributed by atoms with Crippen molar-refractivity contribution in [1.29, 1.82) is 0 Å². The summed E-state index contributed by atoms with van der Waals surface area (Å²) in [7, 11) is 1.35. The lowest BCUT2D eigenvalue weighted by Crippen LogP contribution is -2.50. The molecule has 1 aliphatic heterocycles. The van der Waals surface area contributed by atoms with Crippen molar-refractivity contribution in [2.24, 2.45) is 0 Å². The zero-order valence-corrected chi connectivity index (χ0v) is 20.2. The summed E-state index contributed by atoms with van der Waals surface area (Å²) in [5.74, 6) is 1.22. The number of benzene rings is 1. The van der Waals surface area contributed by atoms with Crippen LogP contribution in [0, 0.1) is 0 Å². The molecule has 9 nitrogen and oxygen atoms in total. The molecular formula is C22H27BrN4O5. The Bertz CT molecular complexity index is 954. The van der Waals surface area contributed by atoms with Crippen LogP contribution in [0.1, 0.15) is 36.7 Å². The smallest absolute Gasteiger partial charge is 0.410 e. The van der Waals surface area contributed by atoms with Crippen LogP contribution in [-0.4, -0.2) is 65.8 Å². The fourth-order valence-corrected chi connectivity index (χ4v) is 3.59. The standard InChI is InChI=1S/C22H27BrN4O5/c1-22(2,3)32-21(29)27-9-7-26(8-10-27)20-24-13-17(14-25-20)31-16-5-6-18(19(28)30-4)15(11-16)12-23/h5-6,11,13-14H,7-10,12H2,1-4H3. The van der Waals surface area contributed by atoms with Crippen LogP contribution in [0.4, 0.5) is 10.7 Å². The number of piperazine rings is 1. The van der Waals surface area contributed by atoms with Crippen molar-refractivity contribution in [1.82, 2.24) is 14.9 Å². The number of hydrogen-bond acceptors (Lipinski definition) is 8. The van der Waals surface area contributed by atoms with Gasteiger partial charge in [0.2, 0.25) is 5.95 Å². The molecule has 0 atom stereocenters. The molecule has 2 heterocycles. The molecular weight excluding hydrogens is 480 g/mol. The van der Waals surface area contributed by atoms with Gasteiger partial charge in [-0.3, -0.25) is 0 Å². The summed E-state index contributed by atoms with van der Waals surface area (Å²) < 4.78 is 16.1. The number of methoxy groups -OCH3 is 1. The fourth-order valence-electron chi connectivity index (χ4n) is 3.13. The second kappa shape index (κ2) is 10.2. The zero-order valence-electron chi connectivity index (χ0n) is 18.6. The lowest BCUT2D eigenvalue weighted by atomic mass is 10.1. The third-order valence-electron chi connectivity index (χ3n) is 4.69. The molecule has 172 valence electrons. The minimum atomic E-state index is -0.512. The topological polar surface area (TPSA) is 94.1 Å². The minimum Gasteiger partial charge on any atom is -0.465 e. The molecule has 0 bridgehead atoms. The van der Waals surface area contributed by atoms with Crippen molar-refractivity contribution in [2.45, 2.75) is 31.7 Å². The van der Waals surface area contributed by atoms with E-state index in [9.17, 15) is 9.59 Å². The van der Waals surface area contributed by atoms with E-state index in [-0.39, 0.29) is 6.09 Å². The van der Waals surface area contributed by atoms with Gasteiger partial charge in [-0.2, -0.15) is 0 Å². The normalized spacial score (nSPS) is 14.2. The number of aromatic nitrogens is 2. The minimum absolute atomic E-state index is 0.303. The molecule has 1 amide bonds. The van der Waals surface area contributed by atoms with Crippen molar-refractivity contribution in [3.05, 3.63) is 41.7 Å². The molecule has 0 spiro atoms. The van der Waals surface area contributed by atoms with Gasteiger partial charge in [0.25, 0.3) is 0 Å². The van der Waals surface area contributed by atoms with Gasteiger partial charge >= 0.3 is 12.1 Å². The number of esters is 1. The Labute approximate surface area is 195 Å². The number of hydrogen-bond donors (Lipinski definition) is 0. The Kier molecular flexibility index (Phi) is 7.55. The van der Waals surface area contributed by atoms with Crippen LogP contribution in [0.15, 0.2) is 30.6 Å². The summed E-state index contributed by atoms with van der Waals surface area (Å²) in [6.07, 6.45) is 2.90. The van der Waals surface area contributed by atoms with E-state index >= 15 is 0 Å². The monoisotopic (exact) mass is 506 g/mol. The van der Waals surface area contributed by atoms with Crippen LogP contribution in [0.2, 0.25) is 0 Å². The molecule has 0 unspecified atom stereocenters. The second-order valence-corrected chi connectivity index (χ2v) is 8.78. The average Bonchev–Trinajstić information content (AvgIpc) is 2.78. The van der Waals surface area contributed by atoms with Crippen molar-refractivity contribution < 1.29 is 23.8 Å². The first-order valence-corrected chi connectivity index (χ1v) is 11.3. The van der Waals surface area contributed by atoms with Gasteiger partial charge < -0.3 is 24.0 Å². The highest BCUT2D eigenvalue weighted by molar-refractivity contribution is 9.08. The third-order valence-corrected chi connectivity index (χ3v) is 5.29. The number of alkyl halides is 1. The van der Waals surface area contributed by atoms with Gasteiger partial charge in [-0.05, 0) is 44.5 Å². The molecule has 0 radical (unpaired) electrons. The number of halogens is 1. The molecule has 0 saturated carbocycles. The van der Waals surface area contributed by atoms with Crippen LogP contribution in [0.5, 0.6) is 11.5 Å². The van der Waals surface area contributed by atoms with E-state index in [1.807, 2.05) is 25.7 Å². The van der Waals surface area contributed by atoms with Gasteiger partial charge in [0.05, 0.1) is 25.1 Å². The highest BCUT2D eigenvalue weighted by Gasteiger charge is 2.26. The van der Waals surface area contributed by atoms with Crippen molar-refractivity contribution in [2.75, 3.05) is 38.2 Å². The molecule has 10 heteroatoms. The Hall–Kier alpha value is -2.88. The van der Waals surface area contributed by atoms with E-state index in [1.54, 1.807) is 35.5 Å².